The van der Waals surface area contributed by atoms with Crippen molar-refractivity contribution in [3.8, 4) is 0 Å². The molecule has 0 saturated carbocycles. The van der Waals surface area contributed by atoms with Gasteiger partial charge in [0.1, 0.15) is 0 Å². The molecule has 0 spiro atoms. The third kappa shape index (κ3) is 1.97. The molecule has 0 aliphatic carbocycles. The van der Waals surface area contributed by atoms with Gasteiger partial charge < -0.3 is 0 Å². The van der Waals surface area contributed by atoms with Crippen molar-refractivity contribution in [3.05, 3.63) is 33.8 Å². The fourth-order valence-electron chi connectivity index (χ4n) is 0.478. The van der Waals surface area contributed by atoms with Gasteiger partial charge in [-0.05, 0) is 26.0 Å². The predicted molar refractivity (Wildman–Crippen MR) is 35.6 cm³/mol. The minimum Gasteiger partial charge on any atom is -0.258 e. The fourth-order valence-corrected chi connectivity index (χ4v) is 0.478. The lowest BCUT2D eigenvalue weighted by Gasteiger charge is -1.90. The zero-order valence-corrected chi connectivity index (χ0v) is 5.80. The number of nitrogens with zero attached hydrogens (tertiary/aromatic N) is 1. The van der Waals surface area contributed by atoms with Gasteiger partial charge in [-0.15, -0.1) is 0 Å². The van der Waals surface area contributed by atoms with E-state index in [0.717, 1.165) is 12.2 Å². The molecule has 0 amide bonds. The van der Waals surface area contributed by atoms with Crippen molar-refractivity contribution in [1.82, 2.24) is 0 Å². The van der Waals surface area contributed by atoms with Gasteiger partial charge in [0.15, 0.2) is 5.83 Å². The lowest BCUT2D eigenvalue weighted by atomic mass is 10.3. The minimum absolute atomic E-state index is 0.484. The monoisotopic (exact) mass is 145 g/mol. The van der Waals surface area contributed by atoms with Crippen molar-refractivity contribution in [1.29, 1.82) is 0 Å². The maximum atomic E-state index is 12.4. The third-order valence-electron chi connectivity index (χ3n) is 0.968. The first-order chi connectivity index (χ1) is 4.63. The molecule has 0 aromatic carbocycles. The van der Waals surface area contributed by atoms with Crippen molar-refractivity contribution in [3.63, 3.8) is 0 Å². The smallest absolute Gasteiger partial charge is 0.258 e. The van der Waals surface area contributed by atoms with Gasteiger partial charge in [0.2, 0.25) is 0 Å². The Balaban J connectivity index is 4.56. The summed E-state index contributed by atoms with van der Waals surface area (Å²) in [7, 11) is 0. The summed E-state index contributed by atoms with van der Waals surface area (Å²) in [6.45, 7) is 2.82. The predicted octanol–water partition coefficient (Wildman–Crippen LogP) is 2.04. The molecule has 0 unspecified atom stereocenters. The normalized spacial score (nSPS) is 13.5. The maximum Gasteiger partial charge on any atom is 0.300 e. The molecule has 56 valence electrons. The van der Waals surface area contributed by atoms with Crippen molar-refractivity contribution in [2.24, 2.45) is 0 Å². The van der Waals surface area contributed by atoms with Gasteiger partial charge >= 0.3 is 0 Å². The second-order valence-corrected chi connectivity index (χ2v) is 1.57. The molecule has 0 aliphatic rings. The molecule has 0 aromatic rings. The molecular formula is C6H8FNO2. The molecule has 10 heavy (non-hydrogen) atoms. The van der Waals surface area contributed by atoms with Gasteiger partial charge in [-0.25, -0.2) is 0 Å². The third-order valence-corrected chi connectivity index (χ3v) is 0.968. The Labute approximate surface area is 58.0 Å². The molecule has 0 aliphatic heterocycles. The first-order valence-electron chi connectivity index (χ1n) is 2.76. The van der Waals surface area contributed by atoms with E-state index in [4.69, 9.17) is 0 Å². The highest BCUT2D eigenvalue weighted by molar-refractivity contribution is 5.16. The lowest BCUT2D eigenvalue weighted by Crippen LogP contribution is -1.98. The summed E-state index contributed by atoms with van der Waals surface area (Å²) in [6.07, 6.45) is 2.17. The topological polar surface area (TPSA) is 43.1 Å². The van der Waals surface area contributed by atoms with Gasteiger partial charge in [0.05, 0.1) is 4.92 Å². The van der Waals surface area contributed by atoms with Gasteiger partial charge in [-0.1, -0.05) is 0 Å². The molecular weight excluding hydrogens is 137 g/mol. The molecule has 0 radical (unpaired) electrons. The van der Waals surface area contributed by atoms with E-state index in [1.807, 2.05) is 0 Å². The van der Waals surface area contributed by atoms with Gasteiger partial charge in [0, 0.05) is 0 Å². The van der Waals surface area contributed by atoms with Crippen LogP contribution < -0.4 is 0 Å². The minimum atomic E-state index is -0.799. The van der Waals surface area contributed by atoms with Crippen LogP contribution in [0, 0.1) is 10.1 Å². The number of rotatable bonds is 2. The maximum absolute atomic E-state index is 12.4. The first-order valence-corrected chi connectivity index (χ1v) is 2.76. The lowest BCUT2D eigenvalue weighted by molar-refractivity contribution is -0.422. The summed E-state index contributed by atoms with van der Waals surface area (Å²) in [4.78, 5) is 9.23. The second kappa shape index (κ2) is 3.76. The molecule has 0 heterocycles. The number of allylic oxidation sites excluding steroid dienone is 3. The number of nitro groups is 1. The molecule has 0 rings (SSSR count). The van der Waals surface area contributed by atoms with E-state index in [9.17, 15) is 14.5 Å². The summed E-state index contributed by atoms with van der Waals surface area (Å²) in [6, 6.07) is 0. The van der Waals surface area contributed by atoms with Gasteiger partial charge in [0.25, 0.3) is 5.70 Å². The molecule has 0 atom stereocenters. The number of hydrogen-bond acceptors (Lipinski definition) is 2. The van der Waals surface area contributed by atoms with E-state index in [0.29, 0.717) is 0 Å². The summed E-state index contributed by atoms with van der Waals surface area (Å²) in [5.74, 6) is -0.799. The average molecular weight is 145 g/mol. The standard InChI is InChI=1S/C6H8FNO2/c1-3-5(7)6(4-2)8(9)10/h3-4H,1-2H3/b5-3+,6-4+. The molecule has 0 saturated heterocycles. The number of hydrogen-bond donors (Lipinski definition) is 0. The summed E-state index contributed by atoms with van der Waals surface area (Å²) in [5.41, 5.74) is -0.484. The van der Waals surface area contributed by atoms with Crippen LogP contribution >= 0.6 is 0 Å². The van der Waals surface area contributed by atoms with Crippen LogP contribution in [0.5, 0.6) is 0 Å². The average Bonchev–Trinajstić information content (AvgIpc) is 1.88. The highest BCUT2D eigenvalue weighted by atomic mass is 19.1. The second-order valence-electron chi connectivity index (χ2n) is 1.57. The Hall–Kier alpha value is -1.19. The Morgan fingerprint density at radius 1 is 1.50 bits per heavy atom. The number of halogens is 1. The van der Waals surface area contributed by atoms with E-state index < -0.39 is 16.4 Å². The first kappa shape index (κ1) is 8.81. The van der Waals surface area contributed by atoms with Crippen LogP contribution in [-0.4, -0.2) is 4.92 Å². The van der Waals surface area contributed by atoms with E-state index in [2.05, 4.69) is 0 Å². The summed E-state index contributed by atoms with van der Waals surface area (Å²) >= 11 is 0. The van der Waals surface area contributed by atoms with Crippen molar-refractivity contribution >= 4 is 0 Å². The Kier molecular flexibility index (Phi) is 3.32. The zero-order chi connectivity index (χ0) is 8.15. The van der Waals surface area contributed by atoms with E-state index >= 15 is 0 Å². The van der Waals surface area contributed by atoms with Crippen LogP contribution in [0.2, 0.25) is 0 Å². The Morgan fingerprint density at radius 2 is 2.00 bits per heavy atom. The summed E-state index contributed by atoms with van der Waals surface area (Å²) < 4.78 is 12.4. The SMILES string of the molecule is C/C=C(F)\C(=C/C)[N+](=O)[O-]. The quantitative estimate of drug-likeness (QED) is 0.339. The highest BCUT2D eigenvalue weighted by Gasteiger charge is 2.13. The van der Waals surface area contributed by atoms with Crippen molar-refractivity contribution < 1.29 is 9.31 Å². The van der Waals surface area contributed by atoms with Crippen LogP contribution in [0.15, 0.2) is 23.7 Å². The van der Waals surface area contributed by atoms with Gasteiger partial charge in [-0.3, -0.25) is 10.1 Å². The molecule has 0 fully saturated rings. The Morgan fingerprint density at radius 3 is 2.10 bits per heavy atom. The molecule has 0 aromatic heterocycles. The van der Waals surface area contributed by atoms with Crippen LogP contribution in [0.3, 0.4) is 0 Å². The van der Waals surface area contributed by atoms with Crippen LogP contribution in [0.4, 0.5) is 4.39 Å². The molecule has 4 heteroatoms. The summed E-state index contributed by atoms with van der Waals surface area (Å²) in [5, 5.41) is 9.99. The van der Waals surface area contributed by atoms with Gasteiger partial charge in [-0.2, -0.15) is 4.39 Å². The van der Waals surface area contributed by atoms with Crippen molar-refractivity contribution in [2.45, 2.75) is 13.8 Å². The largest absolute Gasteiger partial charge is 0.300 e. The molecule has 0 N–H and O–H groups in total. The fraction of sp³-hybridized carbons (Fsp3) is 0.333. The molecule has 0 bridgehead atoms. The van der Waals surface area contributed by atoms with Crippen LogP contribution in [0.25, 0.3) is 0 Å². The zero-order valence-electron chi connectivity index (χ0n) is 5.80. The Bertz CT molecular complexity index is 196. The van der Waals surface area contributed by atoms with Crippen molar-refractivity contribution in [2.75, 3.05) is 0 Å². The van der Waals surface area contributed by atoms with E-state index in [1.54, 1.807) is 0 Å². The molecule has 3 nitrogen and oxygen atoms in total. The van der Waals surface area contributed by atoms with E-state index in [-0.39, 0.29) is 0 Å². The highest BCUT2D eigenvalue weighted by Crippen LogP contribution is 2.10. The van der Waals surface area contributed by atoms with E-state index in [1.165, 1.54) is 13.8 Å². The van der Waals surface area contributed by atoms with Crippen LogP contribution in [0.1, 0.15) is 13.8 Å². The van der Waals surface area contributed by atoms with Crippen LogP contribution in [-0.2, 0) is 0 Å².